The van der Waals surface area contributed by atoms with E-state index in [9.17, 15) is 14.4 Å². The lowest BCUT2D eigenvalue weighted by atomic mass is 10.1. The van der Waals surface area contributed by atoms with Crippen molar-refractivity contribution in [3.63, 3.8) is 0 Å². The number of anilines is 1. The normalized spacial score (nSPS) is 10.6. The van der Waals surface area contributed by atoms with Gasteiger partial charge in [-0.15, -0.1) is 0 Å². The molecule has 0 aliphatic carbocycles. The zero-order chi connectivity index (χ0) is 17.8. The van der Waals surface area contributed by atoms with E-state index in [1.54, 1.807) is 49.4 Å². The highest BCUT2D eigenvalue weighted by Crippen LogP contribution is 2.18. The van der Waals surface area contributed by atoms with Crippen molar-refractivity contribution in [2.24, 2.45) is 0 Å². The molecular weight excluding hydrogens is 324 g/mol. The molecule has 0 aliphatic rings. The maximum Gasteiger partial charge on any atom is 0.417 e. The minimum atomic E-state index is -0.542. The van der Waals surface area contributed by atoms with Gasteiger partial charge in [-0.05, 0) is 36.8 Å². The van der Waals surface area contributed by atoms with Crippen LogP contribution in [0.5, 0.6) is 0 Å². The number of nitrogens with one attached hydrogen (secondary N) is 2. The second-order valence-corrected chi connectivity index (χ2v) is 5.34. The van der Waals surface area contributed by atoms with Crippen LogP contribution in [0.3, 0.4) is 0 Å². The quantitative estimate of drug-likeness (QED) is 0.695. The average Bonchev–Trinajstić information content (AvgIpc) is 2.94. The molecule has 7 heteroatoms. The lowest BCUT2D eigenvalue weighted by molar-refractivity contribution is -0.115. The van der Waals surface area contributed by atoms with E-state index in [1.165, 1.54) is 0 Å². The summed E-state index contributed by atoms with van der Waals surface area (Å²) in [5, 5.41) is 2.72. The van der Waals surface area contributed by atoms with Crippen molar-refractivity contribution in [2.45, 2.75) is 13.3 Å². The van der Waals surface area contributed by atoms with Crippen LogP contribution in [0.1, 0.15) is 22.8 Å². The van der Waals surface area contributed by atoms with Gasteiger partial charge >= 0.3 is 11.7 Å². The van der Waals surface area contributed by atoms with E-state index in [0.29, 0.717) is 27.9 Å². The first-order valence-corrected chi connectivity index (χ1v) is 7.74. The molecule has 0 atom stereocenters. The Kier molecular flexibility index (Phi) is 4.65. The third-order valence-electron chi connectivity index (χ3n) is 3.54. The summed E-state index contributed by atoms with van der Waals surface area (Å²) in [6, 6.07) is 11.7. The summed E-state index contributed by atoms with van der Waals surface area (Å²) in [5.74, 6) is -1.32. The molecule has 25 heavy (non-hydrogen) atoms. The van der Waals surface area contributed by atoms with E-state index in [2.05, 4.69) is 10.3 Å². The summed E-state index contributed by atoms with van der Waals surface area (Å²) in [5.41, 5.74) is 2.36. The minimum absolute atomic E-state index is 0.0836. The van der Waals surface area contributed by atoms with Crippen molar-refractivity contribution in [3.8, 4) is 0 Å². The number of benzene rings is 2. The molecule has 0 bridgehead atoms. The number of H-pyrrole nitrogens is 1. The monoisotopic (exact) mass is 340 g/mol. The molecule has 0 fully saturated rings. The molecule has 0 saturated carbocycles. The molecular formula is C18H16N2O5. The van der Waals surface area contributed by atoms with Gasteiger partial charge in [-0.1, -0.05) is 18.2 Å². The molecule has 0 saturated heterocycles. The van der Waals surface area contributed by atoms with Gasteiger partial charge in [0, 0.05) is 0 Å². The van der Waals surface area contributed by atoms with E-state index in [1.807, 2.05) is 0 Å². The number of rotatable bonds is 5. The molecule has 0 unspecified atom stereocenters. The topological polar surface area (TPSA) is 101 Å². The zero-order valence-corrected chi connectivity index (χ0v) is 13.5. The van der Waals surface area contributed by atoms with E-state index >= 15 is 0 Å². The van der Waals surface area contributed by atoms with Gasteiger partial charge in [0.1, 0.15) is 0 Å². The fourth-order valence-corrected chi connectivity index (χ4v) is 2.47. The Morgan fingerprint density at radius 2 is 2.00 bits per heavy atom. The number of esters is 1. The standard InChI is InChI=1S/C18H16N2O5/c1-2-24-17(22)12-5-3-4-6-13(12)19-16(21)10-11-7-8-15-14(9-11)20-18(23)25-15/h3-9H,2,10H2,1H3,(H,19,21)(H,20,23). The van der Waals surface area contributed by atoms with Crippen LogP contribution in [0, 0.1) is 0 Å². The van der Waals surface area contributed by atoms with E-state index in [4.69, 9.17) is 9.15 Å². The highest BCUT2D eigenvalue weighted by molar-refractivity contribution is 6.01. The third-order valence-corrected chi connectivity index (χ3v) is 3.54. The van der Waals surface area contributed by atoms with Gasteiger partial charge in [-0.25, -0.2) is 9.59 Å². The predicted octanol–water partition coefficient (Wildman–Crippen LogP) is 2.48. The maximum atomic E-state index is 12.3. The molecule has 1 amide bonds. The number of oxazole rings is 1. The summed E-state index contributed by atoms with van der Waals surface area (Å²) in [6.07, 6.45) is 0.0836. The lowest BCUT2D eigenvalue weighted by Crippen LogP contribution is -2.17. The van der Waals surface area contributed by atoms with Crippen molar-refractivity contribution in [3.05, 3.63) is 64.1 Å². The van der Waals surface area contributed by atoms with Gasteiger partial charge in [0.2, 0.25) is 5.91 Å². The van der Waals surface area contributed by atoms with E-state index < -0.39 is 11.7 Å². The minimum Gasteiger partial charge on any atom is -0.462 e. The maximum absolute atomic E-state index is 12.3. The van der Waals surface area contributed by atoms with Crippen LogP contribution in [0.2, 0.25) is 0 Å². The van der Waals surface area contributed by atoms with Crippen LogP contribution in [0.25, 0.3) is 11.1 Å². The first-order chi connectivity index (χ1) is 12.1. The van der Waals surface area contributed by atoms with Crippen molar-refractivity contribution in [1.82, 2.24) is 4.98 Å². The van der Waals surface area contributed by atoms with Gasteiger partial charge in [0.25, 0.3) is 0 Å². The first kappa shape index (κ1) is 16.5. The zero-order valence-electron chi connectivity index (χ0n) is 13.5. The van der Waals surface area contributed by atoms with Crippen LogP contribution >= 0.6 is 0 Å². The highest BCUT2D eigenvalue weighted by Gasteiger charge is 2.14. The smallest absolute Gasteiger partial charge is 0.417 e. The molecule has 7 nitrogen and oxygen atoms in total. The first-order valence-electron chi connectivity index (χ1n) is 7.74. The van der Waals surface area contributed by atoms with E-state index in [0.717, 1.165) is 0 Å². The fraction of sp³-hybridized carbons (Fsp3) is 0.167. The number of aromatic amines is 1. The molecule has 0 radical (unpaired) electrons. The van der Waals surface area contributed by atoms with Crippen LogP contribution in [-0.2, 0) is 16.0 Å². The number of ether oxygens (including phenoxy) is 1. The second kappa shape index (κ2) is 7.04. The number of hydrogen-bond acceptors (Lipinski definition) is 5. The summed E-state index contributed by atoms with van der Waals surface area (Å²) in [7, 11) is 0. The van der Waals surface area contributed by atoms with Crippen LogP contribution < -0.4 is 11.1 Å². The Hall–Kier alpha value is -3.35. The van der Waals surface area contributed by atoms with Gasteiger partial charge in [-0.3, -0.25) is 9.78 Å². The summed E-state index contributed by atoms with van der Waals surface area (Å²) < 4.78 is 9.91. The predicted molar refractivity (Wildman–Crippen MR) is 91.6 cm³/mol. The van der Waals surface area contributed by atoms with Crippen molar-refractivity contribution < 1.29 is 18.7 Å². The number of carbonyl (C=O) groups is 2. The second-order valence-electron chi connectivity index (χ2n) is 5.34. The van der Waals surface area contributed by atoms with Gasteiger partial charge < -0.3 is 14.5 Å². The largest absolute Gasteiger partial charge is 0.462 e. The molecule has 128 valence electrons. The number of fused-ring (bicyclic) bond motifs is 1. The van der Waals surface area contributed by atoms with Crippen molar-refractivity contribution in [2.75, 3.05) is 11.9 Å². The molecule has 2 N–H and O–H groups in total. The Morgan fingerprint density at radius 1 is 1.20 bits per heavy atom. The molecule has 2 aromatic carbocycles. The molecule has 0 aliphatic heterocycles. The Bertz CT molecular complexity index is 986. The molecule has 1 heterocycles. The SMILES string of the molecule is CCOC(=O)c1ccccc1NC(=O)Cc1ccc2oc(=O)[nH]c2c1. The molecule has 0 spiro atoms. The number of amides is 1. The van der Waals surface area contributed by atoms with E-state index in [-0.39, 0.29) is 18.9 Å². The molecule has 3 aromatic rings. The van der Waals surface area contributed by atoms with Crippen LogP contribution in [0.15, 0.2) is 51.7 Å². The fourth-order valence-electron chi connectivity index (χ4n) is 2.47. The highest BCUT2D eigenvalue weighted by atomic mass is 16.5. The van der Waals surface area contributed by atoms with Gasteiger partial charge in [0.15, 0.2) is 5.58 Å². The number of aromatic nitrogens is 1. The number of hydrogen-bond donors (Lipinski definition) is 2. The lowest BCUT2D eigenvalue weighted by Gasteiger charge is -2.10. The van der Waals surface area contributed by atoms with Crippen molar-refractivity contribution >= 4 is 28.7 Å². The van der Waals surface area contributed by atoms with Crippen molar-refractivity contribution in [1.29, 1.82) is 0 Å². The van der Waals surface area contributed by atoms with Crippen LogP contribution in [-0.4, -0.2) is 23.5 Å². The summed E-state index contributed by atoms with van der Waals surface area (Å²) in [6.45, 7) is 1.97. The molecule has 3 rings (SSSR count). The van der Waals surface area contributed by atoms with Gasteiger partial charge in [-0.2, -0.15) is 0 Å². The average molecular weight is 340 g/mol. The summed E-state index contributed by atoms with van der Waals surface area (Å²) >= 11 is 0. The van der Waals surface area contributed by atoms with Gasteiger partial charge in [0.05, 0.1) is 29.8 Å². The Balaban J connectivity index is 1.75. The Morgan fingerprint density at radius 3 is 2.80 bits per heavy atom. The number of carbonyl (C=O) groups excluding carboxylic acids is 2. The Labute approximate surface area is 142 Å². The molecule has 1 aromatic heterocycles. The third kappa shape index (κ3) is 3.77. The number of para-hydroxylation sites is 1. The summed E-state index contributed by atoms with van der Waals surface area (Å²) in [4.78, 5) is 38.0. The van der Waals surface area contributed by atoms with Crippen LogP contribution in [0.4, 0.5) is 5.69 Å².